The maximum Gasteiger partial charge on any atom is 0.241 e. The van der Waals surface area contributed by atoms with Crippen LogP contribution in [0, 0.1) is 5.82 Å². The van der Waals surface area contributed by atoms with Gasteiger partial charge in [-0.15, -0.1) is 0 Å². The van der Waals surface area contributed by atoms with Crippen LogP contribution in [-0.4, -0.2) is 24.6 Å². The summed E-state index contributed by atoms with van der Waals surface area (Å²) in [5.41, 5.74) is 0.0902. The van der Waals surface area contributed by atoms with Gasteiger partial charge in [0, 0.05) is 6.07 Å². The van der Waals surface area contributed by atoms with Crippen molar-refractivity contribution in [2.75, 3.05) is 11.9 Å². The number of hydrogen-bond acceptors (Lipinski definition) is 3. The molecule has 0 aliphatic carbocycles. The zero-order valence-corrected chi connectivity index (χ0v) is 13.0. The zero-order chi connectivity index (χ0) is 15.4. The predicted octanol–water partition coefficient (Wildman–Crippen LogP) is 3.35. The third kappa shape index (κ3) is 4.32. The Morgan fingerprint density at radius 2 is 2.24 bits per heavy atom. The molecule has 0 aromatic heterocycles. The van der Waals surface area contributed by atoms with Gasteiger partial charge in [-0.2, -0.15) is 0 Å². The molecule has 2 rings (SSSR count). The van der Waals surface area contributed by atoms with Crippen molar-refractivity contribution in [2.24, 2.45) is 0 Å². The van der Waals surface area contributed by atoms with Crippen molar-refractivity contribution in [2.45, 2.75) is 45.3 Å². The molecule has 0 radical (unpaired) electrons. The summed E-state index contributed by atoms with van der Waals surface area (Å²) in [6.45, 7) is 4.51. The van der Waals surface area contributed by atoms with E-state index in [1.165, 1.54) is 6.07 Å². The summed E-state index contributed by atoms with van der Waals surface area (Å²) in [5.74, 6) is -0.438. The number of benzene rings is 1. The summed E-state index contributed by atoms with van der Waals surface area (Å²) in [6.07, 6.45) is 2.73. The number of ether oxygens (including phenoxy) is 1. The number of hydrogen-bond donors (Lipinski definition) is 2. The third-order valence-electron chi connectivity index (χ3n) is 3.27. The van der Waals surface area contributed by atoms with E-state index < -0.39 is 5.82 Å². The molecule has 0 bridgehead atoms. The molecule has 1 fully saturated rings. The lowest BCUT2D eigenvalue weighted by molar-refractivity contribution is -0.118. The Balaban J connectivity index is 2.12. The normalized spacial score (nSPS) is 18.6. The predicted molar refractivity (Wildman–Crippen MR) is 81.4 cm³/mol. The summed E-state index contributed by atoms with van der Waals surface area (Å²) in [6, 6.07) is 2.31. The molecule has 4 nitrogen and oxygen atoms in total. The van der Waals surface area contributed by atoms with Crippen LogP contribution in [-0.2, 0) is 4.79 Å². The maximum atomic E-state index is 13.9. The van der Waals surface area contributed by atoms with Crippen LogP contribution >= 0.6 is 11.6 Å². The van der Waals surface area contributed by atoms with Gasteiger partial charge < -0.3 is 15.4 Å². The highest BCUT2D eigenvalue weighted by molar-refractivity contribution is 6.32. The van der Waals surface area contributed by atoms with Crippen LogP contribution in [0.2, 0.25) is 5.02 Å². The molecule has 0 spiro atoms. The number of rotatable bonds is 4. The van der Waals surface area contributed by atoms with Crippen LogP contribution in [0.1, 0.15) is 33.1 Å². The molecule has 2 N–H and O–H groups in total. The average molecular weight is 315 g/mol. The van der Waals surface area contributed by atoms with Gasteiger partial charge in [0.25, 0.3) is 0 Å². The highest BCUT2D eigenvalue weighted by Crippen LogP contribution is 2.31. The molecule has 0 saturated carbocycles. The van der Waals surface area contributed by atoms with Crippen LogP contribution in [0.3, 0.4) is 0 Å². The van der Waals surface area contributed by atoms with Crippen molar-refractivity contribution in [1.29, 1.82) is 0 Å². The van der Waals surface area contributed by atoms with Crippen LogP contribution in [0.4, 0.5) is 10.1 Å². The lowest BCUT2D eigenvalue weighted by Gasteiger charge is -2.23. The number of nitrogens with one attached hydrogen (secondary N) is 2. The van der Waals surface area contributed by atoms with Gasteiger partial charge in [0.15, 0.2) is 0 Å². The van der Waals surface area contributed by atoms with Gasteiger partial charge in [0.05, 0.1) is 22.9 Å². The summed E-state index contributed by atoms with van der Waals surface area (Å²) < 4.78 is 19.4. The molecule has 1 aliphatic heterocycles. The second kappa shape index (κ2) is 7.09. The zero-order valence-electron chi connectivity index (χ0n) is 12.2. The Bertz CT molecular complexity index is 517. The SMILES string of the molecule is CC(C)Oc1cc(NC(=O)C2CCCCN2)c(F)cc1Cl. The number of carbonyl (C=O) groups excluding carboxylic acids is 1. The van der Waals surface area contributed by atoms with E-state index >= 15 is 0 Å². The van der Waals surface area contributed by atoms with Crippen molar-refractivity contribution in [3.63, 3.8) is 0 Å². The molecule has 1 aliphatic rings. The van der Waals surface area contributed by atoms with Crippen molar-refractivity contribution >= 4 is 23.2 Å². The van der Waals surface area contributed by atoms with Crippen molar-refractivity contribution in [3.8, 4) is 5.75 Å². The average Bonchev–Trinajstić information content (AvgIpc) is 2.44. The van der Waals surface area contributed by atoms with Gasteiger partial charge in [0.1, 0.15) is 11.6 Å². The molecule has 1 aromatic carbocycles. The molecular formula is C15H20ClFN2O2. The summed E-state index contributed by atoms with van der Waals surface area (Å²) >= 11 is 5.94. The fraction of sp³-hybridized carbons (Fsp3) is 0.533. The molecule has 1 unspecified atom stereocenters. The van der Waals surface area contributed by atoms with Gasteiger partial charge in [-0.3, -0.25) is 4.79 Å². The molecule has 6 heteroatoms. The Kier molecular flexibility index (Phi) is 5.42. The van der Waals surface area contributed by atoms with E-state index in [0.29, 0.717) is 5.75 Å². The molecule has 1 saturated heterocycles. The lowest BCUT2D eigenvalue weighted by Crippen LogP contribution is -2.43. The fourth-order valence-electron chi connectivity index (χ4n) is 2.26. The Morgan fingerprint density at radius 3 is 2.86 bits per heavy atom. The first-order valence-electron chi connectivity index (χ1n) is 7.17. The Morgan fingerprint density at radius 1 is 1.48 bits per heavy atom. The van der Waals surface area contributed by atoms with Gasteiger partial charge >= 0.3 is 0 Å². The number of anilines is 1. The maximum absolute atomic E-state index is 13.9. The quantitative estimate of drug-likeness (QED) is 0.896. The standard InChI is InChI=1S/C15H20ClFN2O2/c1-9(2)21-14-8-13(11(17)7-10(14)16)19-15(20)12-5-3-4-6-18-12/h7-9,12,18H,3-6H2,1-2H3,(H,19,20). The lowest BCUT2D eigenvalue weighted by atomic mass is 10.0. The van der Waals surface area contributed by atoms with E-state index in [0.717, 1.165) is 31.9 Å². The monoisotopic (exact) mass is 314 g/mol. The number of carbonyl (C=O) groups is 1. The van der Waals surface area contributed by atoms with Crippen LogP contribution < -0.4 is 15.4 Å². The van der Waals surface area contributed by atoms with Gasteiger partial charge in [-0.05, 0) is 39.3 Å². The van der Waals surface area contributed by atoms with E-state index in [1.54, 1.807) is 0 Å². The highest BCUT2D eigenvalue weighted by atomic mass is 35.5. The van der Waals surface area contributed by atoms with Crippen LogP contribution in [0.15, 0.2) is 12.1 Å². The first-order chi connectivity index (χ1) is 9.97. The highest BCUT2D eigenvalue weighted by Gasteiger charge is 2.22. The first-order valence-corrected chi connectivity index (χ1v) is 7.55. The van der Waals surface area contributed by atoms with Gasteiger partial charge in [0.2, 0.25) is 5.91 Å². The smallest absolute Gasteiger partial charge is 0.241 e. The topological polar surface area (TPSA) is 50.4 Å². The van der Waals surface area contributed by atoms with Crippen LogP contribution in [0.5, 0.6) is 5.75 Å². The van der Waals surface area contributed by atoms with E-state index in [-0.39, 0.29) is 28.8 Å². The van der Waals surface area contributed by atoms with E-state index in [9.17, 15) is 9.18 Å². The second-order valence-electron chi connectivity index (χ2n) is 5.42. The van der Waals surface area contributed by atoms with E-state index in [1.807, 2.05) is 13.8 Å². The van der Waals surface area contributed by atoms with Crippen LogP contribution in [0.25, 0.3) is 0 Å². The molecule has 1 heterocycles. The summed E-state index contributed by atoms with van der Waals surface area (Å²) in [5, 5.41) is 5.92. The second-order valence-corrected chi connectivity index (χ2v) is 5.83. The van der Waals surface area contributed by atoms with Crippen molar-refractivity contribution in [1.82, 2.24) is 5.32 Å². The Hall–Kier alpha value is -1.33. The number of amides is 1. The largest absolute Gasteiger partial charge is 0.489 e. The fourth-order valence-corrected chi connectivity index (χ4v) is 2.46. The Labute approximate surface area is 129 Å². The van der Waals surface area contributed by atoms with E-state index in [4.69, 9.17) is 16.3 Å². The third-order valence-corrected chi connectivity index (χ3v) is 3.56. The minimum atomic E-state index is -0.569. The van der Waals surface area contributed by atoms with Crippen molar-refractivity contribution < 1.29 is 13.9 Å². The molecule has 1 amide bonds. The summed E-state index contributed by atoms with van der Waals surface area (Å²) in [4.78, 5) is 12.1. The van der Waals surface area contributed by atoms with Gasteiger partial charge in [-0.25, -0.2) is 4.39 Å². The number of halogens is 2. The molecular weight excluding hydrogens is 295 g/mol. The van der Waals surface area contributed by atoms with Crippen molar-refractivity contribution in [3.05, 3.63) is 23.0 Å². The molecule has 1 aromatic rings. The first kappa shape index (κ1) is 16.0. The van der Waals surface area contributed by atoms with Gasteiger partial charge in [-0.1, -0.05) is 18.0 Å². The summed E-state index contributed by atoms with van der Waals surface area (Å²) in [7, 11) is 0. The minimum absolute atomic E-state index is 0.0866. The molecule has 21 heavy (non-hydrogen) atoms. The van der Waals surface area contributed by atoms with E-state index in [2.05, 4.69) is 10.6 Å². The minimum Gasteiger partial charge on any atom is -0.489 e. The molecule has 1 atom stereocenters. The molecule has 116 valence electrons. The number of piperidine rings is 1.